The molecule has 1 aliphatic carbocycles. The van der Waals surface area contributed by atoms with Crippen molar-refractivity contribution in [3.05, 3.63) is 61.9 Å². The van der Waals surface area contributed by atoms with Crippen LogP contribution in [0.4, 0.5) is 5.95 Å². The Hall–Kier alpha value is -2.96. The van der Waals surface area contributed by atoms with Crippen LogP contribution in [-0.2, 0) is 6.54 Å². The van der Waals surface area contributed by atoms with E-state index in [1.807, 2.05) is 13.8 Å². The summed E-state index contributed by atoms with van der Waals surface area (Å²) in [5, 5.41) is 3.23. The Morgan fingerprint density at radius 3 is 2.75 bits per heavy atom. The van der Waals surface area contributed by atoms with Crippen molar-refractivity contribution in [3.63, 3.8) is 0 Å². The second-order valence-corrected chi connectivity index (χ2v) is 7.70. The summed E-state index contributed by atoms with van der Waals surface area (Å²) in [4.78, 5) is 36.5. The summed E-state index contributed by atoms with van der Waals surface area (Å²) >= 11 is 0. The summed E-state index contributed by atoms with van der Waals surface area (Å²) in [5.41, 5.74) is 2.88. The van der Waals surface area contributed by atoms with E-state index in [1.54, 1.807) is 10.9 Å². The van der Waals surface area contributed by atoms with Crippen molar-refractivity contribution in [2.45, 2.75) is 58.5 Å². The van der Waals surface area contributed by atoms with Crippen LogP contribution < -0.4 is 16.4 Å². The van der Waals surface area contributed by atoms with Gasteiger partial charge in [0.2, 0.25) is 5.95 Å². The average Bonchev–Trinajstić information content (AvgIpc) is 3.04. The van der Waals surface area contributed by atoms with Crippen molar-refractivity contribution in [1.29, 1.82) is 0 Å². The van der Waals surface area contributed by atoms with Gasteiger partial charge in [0.1, 0.15) is 5.52 Å². The molecule has 146 valence electrons. The first-order valence-corrected chi connectivity index (χ1v) is 9.83. The van der Waals surface area contributed by atoms with Crippen molar-refractivity contribution < 1.29 is 0 Å². The molecular weight excluding hydrogens is 354 g/mol. The van der Waals surface area contributed by atoms with E-state index in [4.69, 9.17) is 0 Å². The Balaban J connectivity index is 1.74. The molecule has 1 saturated carbocycles. The molecule has 0 spiro atoms. The second-order valence-electron chi connectivity index (χ2n) is 7.70. The van der Waals surface area contributed by atoms with E-state index in [2.05, 4.69) is 38.5 Å². The third kappa shape index (κ3) is 3.69. The summed E-state index contributed by atoms with van der Waals surface area (Å²) in [6, 6.07) is 6.44. The lowest BCUT2D eigenvalue weighted by Gasteiger charge is -2.22. The number of nitrogens with zero attached hydrogens (tertiary/aromatic N) is 3. The normalized spacial score (nSPS) is 15.1. The van der Waals surface area contributed by atoms with E-state index in [1.165, 1.54) is 6.42 Å². The molecule has 0 unspecified atom stereocenters. The number of hydrogen-bond acceptors (Lipinski definition) is 5. The number of anilines is 1. The number of aromatic nitrogens is 4. The first-order valence-electron chi connectivity index (χ1n) is 9.83. The van der Waals surface area contributed by atoms with Gasteiger partial charge in [-0.05, 0) is 37.8 Å². The SMILES string of the molecule is Cc1ccc(C)c(Cn2cnc3c(=O)nc(NC4CCCCC4)[nH]c(=O)c32)c1. The van der Waals surface area contributed by atoms with Crippen LogP contribution in [0.3, 0.4) is 0 Å². The third-order valence-electron chi connectivity index (χ3n) is 5.49. The second kappa shape index (κ2) is 7.58. The molecule has 0 saturated heterocycles. The highest BCUT2D eigenvalue weighted by Gasteiger charge is 2.16. The molecule has 1 aromatic carbocycles. The fraction of sp³-hybridized carbons (Fsp3) is 0.429. The zero-order valence-corrected chi connectivity index (χ0v) is 16.3. The average molecular weight is 379 g/mol. The van der Waals surface area contributed by atoms with Crippen molar-refractivity contribution in [2.24, 2.45) is 0 Å². The predicted octanol–water partition coefficient (Wildman–Crippen LogP) is 2.89. The van der Waals surface area contributed by atoms with Gasteiger partial charge in [0, 0.05) is 12.6 Å². The molecule has 28 heavy (non-hydrogen) atoms. The Morgan fingerprint density at radius 2 is 1.96 bits per heavy atom. The molecule has 0 amide bonds. The molecule has 0 radical (unpaired) electrons. The van der Waals surface area contributed by atoms with Crippen LogP contribution in [0, 0.1) is 13.8 Å². The van der Waals surface area contributed by atoms with Gasteiger partial charge in [0.05, 0.1) is 6.33 Å². The molecule has 2 aromatic heterocycles. The number of imidazole rings is 1. The van der Waals surface area contributed by atoms with Gasteiger partial charge in [-0.25, -0.2) is 4.98 Å². The van der Waals surface area contributed by atoms with Gasteiger partial charge in [-0.3, -0.25) is 14.6 Å². The van der Waals surface area contributed by atoms with Crippen LogP contribution in [-0.4, -0.2) is 25.6 Å². The number of nitrogens with one attached hydrogen (secondary N) is 2. The highest BCUT2D eigenvalue weighted by molar-refractivity contribution is 5.73. The standard InChI is InChI=1S/C21H25N5O2/c1-13-8-9-14(2)15(10-13)11-26-12-22-17-18(26)20(28)25-21(24-19(17)27)23-16-6-4-3-5-7-16/h8-10,12,16H,3-7,11H2,1-2H3,(H2,23,24,25,27,28). The monoisotopic (exact) mass is 379 g/mol. The van der Waals surface area contributed by atoms with Crippen molar-refractivity contribution in [3.8, 4) is 0 Å². The van der Waals surface area contributed by atoms with Crippen LogP contribution in [0.1, 0.15) is 48.8 Å². The maximum atomic E-state index is 12.9. The summed E-state index contributed by atoms with van der Waals surface area (Å²) in [7, 11) is 0. The molecule has 2 N–H and O–H groups in total. The van der Waals surface area contributed by atoms with Gasteiger partial charge in [-0.1, -0.05) is 43.0 Å². The topological polar surface area (TPSA) is 92.7 Å². The lowest BCUT2D eigenvalue weighted by Crippen LogP contribution is -2.25. The number of rotatable bonds is 4. The number of H-pyrrole nitrogens is 1. The maximum absolute atomic E-state index is 12.9. The quantitative estimate of drug-likeness (QED) is 0.727. The van der Waals surface area contributed by atoms with E-state index < -0.39 is 5.56 Å². The minimum Gasteiger partial charge on any atom is -0.353 e. The molecule has 7 nitrogen and oxygen atoms in total. The fourth-order valence-corrected chi connectivity index (χ4v) is 3.91. The molecule has 4 rings (SSSR count). The minimum absolute atomic E-state index is 0.100. The van der Waals surface area contributed by atoms with Gasteiger partial charge in [0.25, 0.3) is 5.56 Å². The molecule has 1 aliphatic rings. The van der Waals surface area contributed by atoms with Crippen molar-refractivity contribution in [1.82, 2.24) is 19.5 Å². The van der Waals surface area contributed by atoms with E-state index in [0.717, 1.165) is 42.4 Å². The molecule has 3 aromatic rings. The van der Waals surface area contributed by atoms with E-state index in [-0.39, 0.29) is 28.6 Å². The van der Waals surface area contributed by atoms with Crippen molar-refractivity contribution >= 4 is 17.0 Å². The molecule has 0 aliphatic heterocycles. The lowest BCUT2D eigenvalue weighted by molar-refractivity contribution is 0.461. The molecule has 1 fully saturated rings. The van der Waals surface area contributed by atoms with Crippen LogP contribution in [0.15, 0.2) is 34.1 Å². The van der Waals surface area contributed by atoms with Gasteiger partial charge in [-0.15, -0.1) is 0 Å². The van der Waals surface area contributed by atoms with E-state index in [9.17, 15) is 9.59 Å². The largest absolute Gasteiger partial charge is 0.353 e. The van der Waals surface area contributed by atoms with Crippen LogP contribution in [0.25, 0.3) is 11.0 Å². The zero-order valence-electron chi connectivity index (χ0n) is 16.3. The van der Waals surface area contributed by atoms with E-state index in [0.29, 0.717) is 6.54 Å². The number of fused-ring (bicyclic) bond motifs is 1. The summed E-state index contributed by atoms with van der Waals surface area (Å²) in [5.74, 6) is 0.234. The van der Waals surface area contributed by atoms with Gasteiger partial charge in [0.15, 0.2) is 5.52 Å². The first-order chi connectivity index (χ1) is 13.5. The zero-order chi connectivity index (χ0) is 19.7. The Morgan fingerprint density at radius 1 is 1.18 bits per heavy atom. The summed E-state index contributed by atoms with van der Waals surface area (Å²) in [6.07, 6.45) is 7.11. The molecule has 0 atom stereocenters. The van der Waals surface area contributed by atoms with Gasteiger partial charge in [-0.2, -0.15) is 4.98 Å². The Kier molecular flexibility index (Phi) is 4.98. The smallest absolute Gasteiger partial charge is 0.301 e. The Bertz CT molecular complexity index is 1130. The highest BCUT2D eigenvalue weighted by atomic mass is 16.1. The first kappa shape index (κ1) is 18.4. The van der Waals surface area contributed by atoms with Crippen LogP contribution in [0.2, 0.25) is 0 Å². The number of benzene rings is 1. The van der Waals surface area contributed by atoms with Gasteiger partial charge < -0.3 is 9.88 Å². The molecular formula is C21H25N5O2. The van der Waals surface area contributed by atoms with E-state index >= 15 is 0 Å². The van der Waals surface area contributed by atoms with Crippen LogP contribution >= 0.6 is 0 Å². The number of aromatic amines is 1. The van der Waals surface area contributed by atoms with Gasteiger partial charge >= 0.3 is 5.56 Å². The fourth-order valence-electron chi connectivity index (χ4n) is 3.91. The highest BCUT2D eigenvalue weighted by Crippen LogP contribution is 2.20. The summed E-state index contributed by atoms with van der Waals surface area (Å²) < 4.78 is 1.73. The number of hydrogen-bond donors (Lipinski definition) is 2. The third-order valence-corrected chi connectivity index (χ3v) is 5.49. The minimum atomic E-state index is -0.494. The lowest BCUT2D eigenvalue weighted by atomic mass is 9.96. The summed E-state index contributed by atoms with van der Waals surface area (Å²) in [6.45, 7) is 4.54. The van der Waals surface area contributed by atoms with Crippen molar-refractivity contribution in [2.75, 3.05) is 5.32 Å². The van der Waals surface area contributed by atoms with Crippen LogP contribution in [0.5, 0.6) is 0 Å². The Labute approximate surface area is 162 Å². The molecule has 7 heteroatoms. The molecule has 0 bridgehead atoms. The molecule has 2 heterocycles. The predicted molar refractivity (Wildman–Crippen MR) is 110 cm³/mol. The maximum Gasteiger partial charge on any atom is 0.301 e. The number of aryl methyl sites for hydroxylation is 2.